The van der Waals surface area contributed by atoms with Gasteiger partial charge in [-0.1, -0.05) is 6.07 Å². The van der Waals surface area contributed by atoms with Crippen molar-refractivity contribution in [3.05, 3.63) is 45.1 Å². The third-order valence-corrected chi connectivity index (χ3v) is 3.56. The second-order valence-electron chi connectivity index (χ2n) is 4.98. The third kappa shape index (κ3) is 1.68. The van der Waals surface area contributed by atoms with Gasteiger partial charge in [-0.25, -0.2) is 4.98 Å². The zero-order valence-electron chi connectivity index (χ0n) is 11.9. The molecule has 0 saturated carbocycles. The van der Waals surface area contributed by atoms with Gasteiger partial charge in [0, 0.05) is 11.1 Å². The summed E-state index contributed by atoms with van der Waals surface area (Å²) in [5, 5.41) is 0. The number of hydrogen-bond donors (Lipinski definition) is 0. The molecule has 20 heavy (non-hydrogen) atoms. The van der Waals surface area contributed by atoms with Crippen LogP contribution in [0, 0.1) is 20.8 Å². The van der Waals surface area contributed by atoms with E-state index >= 15 is 0 Å². The topological polar surface area (TPSA) is 52.3 Å². The van der Waals surface area contributed by atoms with E-state index in [4.69, 9.17) is 9.15 Å². The molecular weight excluding hydrogens is 254 g/mol. The number of methoxy groups -OCH3 is 1. The van der Waals surface area contributed by atoms with Crippen LogP contribution in [0.1, 0.15) is 16.7 Å². The van der Waals surface area contributed by atoms with Crippen molar-refractivity contribution in [3.63, 3.8) is 0 Å². The van der Waals surface area contributed by atoms with Gasteiger partial charge in [0.25, 0.3) is 0 Å². The molecule has 0 spiro atoms. The predicted molar refractivity (Wildman–Crippen MR) is 77.7 cm³/mol. The van der Waals surface area contributed by atoms with E-state index in [1.165, 1.54) is 0 Å². The van der Waals surface area contributed by atoms with Crippen LogP contribution in [0.4, 0.5) is 0 Å². The zero-order valence-corrected chi connectivity index (χ0v) is 11.9. The minimum absolute atomic E-state index is 0.0636. The van der Waals surface area contributed by atoms with Crippen molar-refractivity contribution in [2.45, 2.75) is 20.8 Å². The van der Waals surface area contributed by atoms with Crippen LogP contribution in [0.3, 0.4) is 0 Å². The number of nitrogens with zero attached hydrogens (tertiary/aromatic N) is 1. The van der Waals surface area contributed by atoms with Crippen LogP contribution in [-0.4, -0.2) is 12.1 Å². The minimum atomic E-state index is -0.0636. The molecule has 1 heterocycles. The maximum absolute atomic E-state index is 12.2. The standard InChI is InChI=1S/C16H15NO3/c1-8-5-6-12-11(7-8)17-13-15(19-4)9(2)14(18)10(3)16(13)20-12/h5-7H,1-4H3. The molecule has 0 saturated heterocycles. The second kappa shape index (κ2) is 4.34. The molecule has 0 unspecified atom stereocenters. The highest BCUT2D eigenvalue weighted by Gasteiger charge is 2.23. The van der Waals surface area contributed by atoms with Gasteiger partial charge in [0.1, 0.15) is 11.2 Å². The summed E-state index contributed by atoms with van der Waals surface area (Å²) in [7, 11) is 1.54. The number of benzene rings is 2. The molecular formula is C16H15NO3. The molecule has 0 bridgehead atoms. The highest BCUT2D eigenvalue weighted by atomic mass is 16.5. The highest BCUT2D eigenvalue weighted by Crippen LogP contribution is 2.35. The van der Waals surface area contributed by atoms with Gasteiger partial charge >= 0.3 is 0 Å². The van der Waals surface area contributed by atoms with Gasteiger partial charge in [0.2, 0.25) is 0 Å². The van der Waals surface area contributed by atoms with Crippen LogP contribution in [0.15, 0.2) is 27.4 Å². The Morgan fingerprint density at radius 3 is 2.60 bits per heavy atom. The van der Waals surface area contributed by atoms with E-state index in [2.05, 4.69) is 4.98 Å². The lowest BCUT2D eigenvalue weighted by Gasteiger charge is -2.14. The van der Waals surface area contributed by atoms with E-state index < -0.39 is 0 Å². The number of rotatable bonds is 1. The Morgan fingerprint density at radius 1 is 1.15 bits per heavy atom. The molecule has 1 aliphatic carbocycles. The lowest BCUT2D eigenvalue weighted by Crippen LogP contribution is -2.14. The molecule has 102 valence electrons. The van der Waals surface area contributed by atoms with Gasteiger partial charge in [-0.05, 0) is 38.5 Å². The van der Waals surface area contributed by atoms with E-state index in [-0.39, 0.29) is 5.43 Å². The van der Waals surface area contributed by atoms with Gasteiger partial charge in [-0.2, -0.15) is 0 Å². The first-order chi connectivity index (χ1) is 9.52. The van der Waals surface area contributed by atoms with E-state index in [0.717, 1.165) is 11.1 Å². The van der Waals surface area contributed by atoms with Crippen LogP contribution in [0.25, 0.3) is 22.6 Å². The molecule has 1 aliphatic heterocycles. The Morgan fingerprint density at radius 2 is 1.90 bits per heavy atom. The van der Waals surface area contributed by atoms with E-state index in [1.54, 1.807) is 21.0 Å². The monoisotopic (exact) mass is 269 g/mol. The van der Waals surface area contributed by atoms with Crippen LogP contribution < -0.4 is 10.2 Å². The number of aryl methyl sites for hydroxylation is 1. The van der Waals surface area contributed by atoms with E-state index in [9.17, 15) is 4.79 Å². The summed E-state index contributed by atoms with van der Waals surface area (Å²) in [4.78, 5) is 16.8. The Kier molecular flexibility index (Phi) is 2.74. The summed E-state index contributed by atoms with van der Waals surface area (Å²) < 4.78 is 11.2. The molecule has 0 atom stereocenters. The van der Waals surface area contributed by atoms with Gasteiger partial charge in [-0.3, -0.25) is 4.79 Å². The fraction of sp³-hybridized carbons (Fsp3) is 0.250. The van der Waals surface area contributed by atoms with Crippen molar-refractivity contribution >= 4 is 11.1 Å². The van der Waals surface area contributed by atoms with Crippen LogP contribution >= 0.6 is 0 Å². The van der Waals surface area contributed by atoms with Crippen molar-refractivity contribution in [3.8, 4) is 17.2 Å². The molecule has 0 radical (unpaired) electrons. The molecule has 2 aliphatic rings. The molecule has 1 aromatic carbocycles. The minimum Gasteiger partial charge on any atom is -0.494 e. The summed E-state index contributed by atoms with van der Waals surface area (Å²) in [6, 6.07) is 5.78. The first kappa shape index (κ1) is 12.7. The molecule has 4 heteroatoms. The van der Waals surface area contributed by atoms with E-state index in [1.807, 2.05) is 25.1 Å². The highest BCUT2D eigenvalue weighted by molar-refractivity contribution is 5.80. The number of hydrogen-bond acceptors (Lipinski definition) is 4. The summed E-state index contributed by atoms with van der Waals surface area (Å²) >= 11 is 0. The maximum atomic E-state index is 12.2. The van der Waals surface area contributed by atoms with Gasteiger partial charge in [0.05, 0.1) is 7.11 Å². The molecule has 0 N–H and O–H groups in total. The van der Waals surface area contributed by atoms with Crippen molar-refractivity contribution in [1.82, 2.24) is 4.98 Å². The zero-order chi connectivity index (χ0) is 14.4. The average molecular weight is 269 g/mol. The molecule has 1 aromatic rings. The number of aromatic nitrogens is 1. The van der Waals surface area contributed by atoms with Gasteiger partial charge < -0.3 is 9.15 Å². The SMILES string of the molecule is COc1c2nc3cc(C)ccc3oc-2c(C)c(=O)c1C. The van der Waals surface area contributed by atoms with Gasteiger partial charge in [-0.15, -0.1) is 0 Å². The molecule has 3 rings (SSSR count). The largest absolute Gasteiger partial charge is 0.494 e. The first-order valence-electron chi connectivity index (χ1n) is 6.41. The summed E-state index contributed by atoms with van der Waals surface area (Å²) in [6.07, 6.45) is 0. The fourth-order valence-electron chi connectivity index (χ4n) is 2.45. The number of fused-ring (bicyclic) bond motifs is 2. The lowest BCUT2D eigenvalue weighted by atomic mass is 10.0. The molecule has 0 fully saturated rings. The third-order valence-electron chi connectivity index (χ3n) is 3.56. The normalized spacial score (nSPS) is 11.2. The Labute approximate surface area is 116 Å². The summed E-state index contributed by atoms with van der Waals surface area (Å²) in [6.45, 7) is 5.50. The summed E-state index contributed by atoms with van der Waals surface area (Å²) in [5.74, 6) is 0.983. The molecule has 0 aromatic heterocycles. The maximum Gasteiger partial charge on any atom is 0.192 e. The van der Waals surface area contributed by atoms with Crippen molar-refractivity contribution < 1.29 is 9.15 Å². The van der Waals surface area contributed by atoms with Crippen molar-refractivity contribution in [2.75, 3.05) is 7.11 Å². The van der Waals surface area contributed by atoms with Crippen LogP contribution in [0.2, 0.25) is 0 Å². The lowest BCUT2D eigenvalue weighted by molar-refractivity contribution is 0.408. The quantitative estimate of drug-likeness (QED) is 0.636. The molecule has 4 nitrogen and oxygen atoms in total. The first-order valence-corrected chi connectivity index (χ1v) is 6.41. The van der Waals surface area contributed by atoms with Gasteiger partial charge in [0.15, 0.2) is 22.5 Å². The fourth-order valence-corrected chi connectivity index (χ4v) is 2.45. The summed E-state index contributed by atoms with van der Waals surface area (Å²) in [5.41, 5.74) is 4.18. The van der Waals surface area contributed by atoms with Crippen molar-refractivity contribution in [1.29, 1.82) is 0 Å². The smallest absolute Gasteiger partial charge is 0.192 e. The Hall–Kier alpha value is -2.36. The number of ether oxygens (including phenoxy) is 1. The Bertz CT molecular complexity index is 849. The van der Waals surface area contributed by atoms with E-state index in [0.29, 0.717) is 33.9 Å². The van der Waals surface area contributed by atoms with Crippen LogP contribution in [-0.2, 0) is 0 Å². The molecule has 0 amide bonds. The van der Waals surface area contributed by atoms with Crippen molar-refractivity contribution in [2.24, 2.45) is 0 Å². The second-order valence-corrected chi connectivity index (χ2v) is 4.98. The average Bonchev–Trinajstić information content (AvgIpc) is 2.44. The Balaban J connectivity index is 2.54. The van der Waals surface area contributed by atoms with Crippen LogP contribution in [0.5, 0.6) is 5.75 Å². The predicted octanol–water partition coefficient (Wildman–Crippen LogP) is 3.23.